The molecule has 108 valence electrons. The molecule has 1 amide bonds. The lowest BCUT2D eigenvalue weighted by molar-refractivity contribution is -0.146. The third-order valence-electron chi connectivity index (χ3n) is 3.92. The first kappa shape index (κ1) is 14.2. The summed E-state index contributed by atoms with van der Waals surface area (Å²) in [6.07, 6.45) is 3.46. The highest BCUT2D eigenvalue weighted by molar-refractivity contribution is 5.82. The summed E-state index contributed by atoms with van der Waals surface area (Å²) in [5, 5.41) is 0. The van der Waals surface area contributed by atoms with Gasteiger partial charge in [0.1, 0.15) is 11.6 Å². The van der Waals surface area contributed by atoms with Crippen molar-refractivity contribution in [1.29, 1.82) is 0 Å². The summed E-state index contributed by atoms with van der Waals surface area (Å²) in [5.74, 6) is 0.0804. The molecule has 0 unspecified atom stereocenters. The Bertz CT molecular complexity index is 374. The maximum atomic E-state index is 12.3. The normalized spacial score (nSPS) is 30.1. The van der Waals surface area contributed by atoms with Crippen LogP contribution in [0.1, 0.15) is 46.5 Å². The van der Waals surface area contributed by atoms with Crippen LogP contribution in [0.25, 0.3) is 0 Å². The third kappa shape index (κ3) is 2.85. The van der Waals surface area contributed by atoms with Crippen molar-refractivity contribution in [3.8, 4) is 0 Å². The molecule has 0 aromatic heterocycles. The van der Waals surface area contributed by atoms with Crippen molar-refractivity contribution in [3.63, 3.8) is 0 Å². The average molecular weight is 269 g/mol. The van der Waals surface area contributed by atoms with Crippen LogP contribution in [0.15, 0.2) is 0 Å². The number of hydrogen-bond donors (Lipinski definition) is 0. The number of amides is 1. The van der Waals surface area contributed by atoms with Gasteiger partial charge in [-0.1, -0.05) is 6.42 Å². The van der Waals surface area contributed by atoms with E-state index in [0.717, 1.165) is 19.3 Å². The second-order valence-electron chi connectivity index (χ2n) is 6.42. The van der Waals surface area contributed by atoms with Crippen molar-refractivity contribution < 1.29 is 19.1 Å². The van der Waals surface area contributed by atoms with Gasteiger partial charge in [-0.25, -0.2) is 9.59 Å². The van der Waals surface area contributed by atoms with Gasteiger partial charge in [-0.3, -0.25) is 4.90 Å². The Balaban J connectivity index is 2.17. The number of nitrogens with zero attached hydrogens (tertiary/aromatic N) is 1. The molecule has 0 N–H and O–H groups in total. The Hall–Kier alpha value is -1.26. The molecule has 19 heavy (non-hydrogen) atoms. The molecule has 1 aliphatic heterocycles. The third-order valence-corrected chi connectivity index (χ3v) is 3.92. The second kappa shape index (κ2) is 5.02. The number of ether oxygens (including phenoxy) is 2. The molecule has 2 aliphatic rings. The van der Waals surface area contributed by atoms with Crippen LogP contribution in [-0.4, -0.2) is 41.8 Å². The fourth-order valence-corrected chi connectivity index (χ4v) is 3.21. The predicted molar refractivity (Wildman–Crippen MR) is 69.6 cm³/mol. The zero-order valence-corrected chi connectivity index (χ0v) is 12.1. The van der Waals surface area contributed by atoms with E-state index in [2.05, 4.69) is 0 Å². The molecule has 0 spiro atoms. The maximum absolute atomic E-state index is 12.3. The molecule has 0 aromatic carbocycles. The van der Waals surface area contributed by atoms with Crippen LogP contribution in [0.4, 0.5) is 4.79 Å². The molecular formula is C14H23NO4. The van der Waals surface area contributed by atoms with Gasteiger partial charge in [0.05, 0.1) is 7.11 Å². The van der Waals surface area contributed by atoms with E-state index in [9.17, 15) is 9.59 Å². The SMILES string of the molecule is COC(=O)[C@@H]1C[C@H]2CCC[C@H]2N1C(=O)OC(C)(C)C. The lowest BCUT2D eigenvalue weighted by Gasteiger charge is -2.31. The minimum absolute atomic E-state index is 0.138. The van der Waals surface area contributed by atoms with Crippen LogP contribution in [0.5, 0.6) is 0 Å². The highest BCUT2D eigenvalue weighted by atomic mass is 16.6. The number of carbonyl (C=O) groups is 2. The Kier molecular flexibility index (Phi) is 3.74. The van der Waals surface area contributed by atoms with E-state index < -0.39 is 17.7 Å². The van der Waals surface area contributed by atoms with E-state index in [4.69, 9.17) is 9.47 Å². The minimum atomic E-state index is -0.547. The lowest BCUT2D eigenvalue weighted by atomic mass is 10.0. The summed E-state index contributed by atoms with van der Waals surface area (Å²) >= 11 is 0. The molecule has 5 heteroatoms. The van der Waals surface area contributed by atoms with Gasteiger partial charge in [-0.15, -0.1) is 0 Å². The predicted octanol–water partition coefficient (Wildman–Crippen LogP) is 2.34. The first-order valence-electron chi connectivity index (χ1n) is 6.92. The summed E-state index contributed by atoms with van der Waals surface area (Å²) < 4.78 is 10.3. The van der Waals surface area contributed by atoms with Crippen molar-refractivity contribution >= 4 is 12.1 Å². The average Bonchev–Trinajstić information content (AvgIpc) is 2.84. The van der Waals surface area contributed by atoms with Crippen LogP contribution < -0.4 is 0 Å². The van der Waals surface area contributed by atoms with Crippen molar-refractivity contribution in [2.75, 3.05) is 7.11 Å². The van der Waals surface area contributed by atoms with Gasteiger partial charge in [0, 0.05) is 6.04 Å². The molecule has 5 nitrogen and oxygen atoms in total. The Labute approximate surface area is 114 Å². The van der Waals surface area contributed by atoms with Gasteiger partial charge in [0.25, 0.3) is 0 Å². The van der Waals surface area contributed by atoms with Crippen molar-refractivity contribution in [2.45, 2.75) is 64.1 Å². The first-order valence-corrected chi connectivity index (χ1v) is 6.92. The highest BCUT2D eigenvalue weighted by Gasteiger charge is 2.50. The van der Waals surface area contributed by atoms with Gasteiger partial charge >= 0.3 is 12.1 Å². The van der Waals surface area contributed by atoms with Gasteiger partial charge in [-0.2, -0.15) is 0 Å². The van der Waals surface area contributed by atoms with Crippen LogP contribution in [0.3, 0.4) is 0 Å². The van der Waals surface area contributed by atoms with Crippen LogP contribution in [0.2, 0.25) is 0 Å². The Morgan fingerprint density at radius 2 is 1.89 bits per heavy atom. The summed E-state index contributed by atoms with van der Waals surface area (Å²) in [6, 6.07) is -0.339. The summed E-state index contributed by atoms with van der Waals surface area (Å²) in [7, 11) is 1.36. The van der Waals surface area contributed by atoms with E-state index in [-0.39, 0.29) is 12.0 Å². The quantitative estimate of drug-likeness (QED) is 0.686. The monoisotopic (exact) mass is 269 g/mol. The summed E-state index contributed by atoms with van der Waals surface area (Å²) in [5.41, 5.74) is -0.547. The number of likely N-dealkylation sites (tertiary alicyclic amines) is 1. The smallest absolute Gasteiger partial charge is 0.411 e. The Morgan fingerprint density at radius 1 is 1.21 bits per heavy atom. The Morgan fingerprint density at radius 3 is 2.47 bits per heavy atom. The second-order valence-corrected chi connectivity index (χ2v) is 6.42. The largest absolute Gasteiger partial charge is 0.467 e. The fourth-order valence-electron chi connectivity index (χ4n) is 3.21. The fraction of sp³-hybridized carbons (Fsp3) is 0.857. The van der Waals surface area contributed by atoms with Crippen LogP contribution >= 0.6 is 0 Å². The number of methoxy groups -OCH3 is 1. The van der Waals surface area contributed by atoms with Crippen molar-refractivity contribution in [3.05, 3.63) is 0 Å². The zero-order valence-electron chi connectivity index (χ0n) is 12.1. The molecule has 1 saturated carbocycles. The topological polar surface area (TPSA) is 55.8 Å². The maximum Gasteiger partial charge on any atom is 0.411 e. The molecule has 1 saturated heterocycles. The first-order chi connectivity index (χ1) is 8.83. The van der Waals surface area contributed by atoms with Gasteiger partial charge in [0.15, 0.2) is 0 Å². The van der Waals surface area contributed by atoms with Crippen molar-refractivity contribution in [1.82, 2.24) is 4.90 Å². The minimum Gasteiger partial charge on any atom is -0.467 e. The molecule has 3 atom stereocenters. The number of hydrogen-bond acceptors (Lipinski definition) is 4. The van der Waals surface area contributed by atoms with Gasteiger partial charge in [0.2, 0.25) is 0 Å². The number of rotatable bonds is 1. The van der Waals surface area contributed by atoms with E-state index in [1.165, 1.54) is 7.11 Å². The molecule has 0 radical (unpaired) electrons. The van der Waals surface area contributed by atoms with E-state index in [1.54, 1.807) is 4.90 Å². The number of carbonyl (C=O) groups excluding carboxylic acids is 2. The lowest BCUT2D eigenvalue weighted by Crippen LogP contribution is -2.47. The summed E-state index contributed by atoms with van der Waals surface area (Å²) in [4.78, 5) is 25.8. The molecule has 0 aromatic rings. The molecule has 0 bridgehead atoms. The zero-order chi connectivity index (χ0) is 14.2. The molecule has 1 aliphatic carbocycles. The summed E-state index contributed by atoms with van der Waals surface area (Å²) in [6.45, 7) is 5.50. The van der Waals surface area contributed by atoms with Crippen LogP contribution in [0, 0.1) is 5.92 Å². The standard InChI is InChI=1S/C14H23NO4/c1-14(2,3)19-13(17)15-10-7-5-6-9(10)8-11(15)12(16)18-4/h9-11H,5-8H2,1-4H3/t9-,10-,11+/m1/s1. The molecule has 1 heterocycles. The van der Waals surface area contributed by atoms with Gasteiger partial charge in [-0.05, 0) is 46.0 Å². The number of fused-ring (bicyclic) bond motifs is 1. The molecule has 2 rings (SSSR count). The van der Waals surface area contributed by atoms with E-state index in [0.29, 0.717) is 12.3 Å². The van der Waals surface area contributed by atoms with E-state index >= 15 is 0 Å². The van der Waals surface area contributed by atoms with Crippen molar-refractivity contribution in [2.24, 2.45) is 5.92 Å². The van der Waals surface area contributed by atoms with E-state index in [1.807, 2.05) is 20.8 Å². The highest BCUT2D eigenvalue weighted by Crippen LogP contribution is 2.42. The van der Waals surface area contributed by atoms with Crippen LogP contribution in [-0.2, 0) is 14.3 Å². The molecule has 2 fully saturated rings. The van der Waals surface area contributed by atoms with Gasteiger partial charge < -0.3 is 9.47 Å². The number of esters is 1. The molecular weight excluding hydrogens is 246 g/mol.